The molecule has 0 amide bonds. The lowest BCUT2D eigenvalue weighted by molar-refractivity contribution is 0.120. The fourth-order valence-corrected chi connectivity index (χ4v) is 4.99. The number of fused-ring (bicyclic) bond motifs is 4. The monoisotopic (exact) mass is 401 g/mol. The van der Waals surface area contributed by atoms with Crippen LogP contribution in [0.1, 0.15) is 29.7 Å². The number of hydrogen-bond acceptors (Lipinski definition) is 2. The number of nitrogens with zero attached hydrogens (tertiary/aromatic N) is 1. The average molecular weight is 402 g/mol. The van der Waals surface area contributed by atoms with Crippen molar-refractivity contribution in [2.45, 2.75) is 31.3 Å². The Bertz CT molecular complexity index is 1040. The molecule has 2 aromatic carbocycles. The van der Waals surface area contributed by atoms with Gasteiger partial charge in [0.05, 0.1) is 5.54 Å². The van der Waals surface area contributed by atoms with Gasteiger partial charge >= 0.3 is 0 Å². The van der Waals surface area contributed by atoms with Crippen molar-refractivity contribution in [1.82, 2.24) is 15.2 Å². The number of hydrogen-bond donors (Lipinski definition) is 2. The lowest BCUT2D eigenvalue weighted by Gasteiger charge is -2.45. The minimum atomic E-state index is -0.531. The van der Waals surface area contributed by atoms with Gasteiger partial charge in [-0.05, 0) is 49.1 Å². The number of aromatic nitrogens is 1. The molecule has 3 heterocycles. The summed E-state index contributed by atoms with van der Waals surface area (Å²) in [7, 11) is 0. The van der Waals surface area contributed by atoms with Gasteiger partial charge in [0.15, 0.2) is 0 Å². The summed E-state index contributed by atoms with van der Waals surface area (Å²) in [5.74, 6) is -0.998. The molecule has 2 N–H and O–H groups in total. The van der Waals surface area contributed by atoms with Crippen LogP contribution >= 0.6 is 11.6 Å². The van der Waals surface area contributed by atoms with E-state index in [4.69, 9.17) is 11.6 Å². The quantitative estimate of drug-likeness (QED) is 0.650. The van der Waals surface area contributed by atoms with E-state index in [9.17, 15) is 8.78 Å². The van der Waals surface area contributed by atoms with Crippen LogP contribution in [0.3, 0.4) is 0 Å². The second-order valence-corrected chi connectivity index (χ2v) is 8.38. The van der Waals surface area contributed by atoms with Gasteiger partial charge < -0.3 is 10.3 Å². The Morgan fingerprint density at radius 1 is 1.07 bits per heavy atom. The number of benzene rings is 2. The molecule has 2 aliphatic heterocycles. The third-order valence-electron chi connectivity index (χ3n) is 6.30. The molecule has 0 bridgehead atoms. The molecule has 28 heavy (non-hydrogen) atoms. The van der Waals surface area contributed by atoms with Crippen LogP contribution in [-0.4, -0.2) is 29.5 Å². The summed E-state index contributed by atoms with van der Waals surface area (Å²) in [4.78, 5) is 5.89. The topological polar surface area (TPSA) is 31.1 Å². The summed E-state index contributed by atoms with van der Waals surface area (Å²) in [6.45, 7) is 3.18. The second-order valence-electron chi connectivity index (χ2n) is 7.94. The fourth-order valence-electron chi connectivity index (χ4n) is 4.81. The molecule has 1 aromatic heterocycles. The molecule has 1 saturated heterocycles. The van der Waals surface area contributed by atoms with Gasteiger partial charge in [-0.15, -0.1) is 0 Å². The minimum Gasteiger partial charge on any atom is -0.357 e. The Hall–Kier alpha value is -1.95. The molecule has 0 atom stereocenters. The van der Waals surface area contributed by atoms with E-state index in [-0.39, 0.29) is 5.54 Å². The molecule has 2 aliphatic rings. The van der Waals surface area contributed by atoms with Crippen molar-refractivity contribution in [3.8, 4) is 0 Å². The Morgan fingerprint density at radius 2 is 1.89 bits per heavy atom. The predicted octanol–water partition coefficient (Wildman–Crippen LogP) is 4.74. The van der Waals surface area contributed by atoms with E-state index in [1.54, 1.807) is 6.07 Å². The first kappa shape index (κ1) is 18.1. The van der Waals surface area contributed by atoms with Crippen LogP contribution in [-0.2, 0) is 18.5 Å². The highest BCUT2D eigenvalue weighted by Gasteiger charge is 2.41. The van der Waals surface area contributed by atoms with Crippen LogP contribution in [0.25, 0.3) is 10.9 Å². The summed E-state index contributed by atoms with van der Waals surface area (Å²) in [5.41, 5.74) is 4.26. The number of nitrogens with one attached hydrogen (secondary N) is 2. The Morgan fingerprint density at radius 3 is 2.68 bits per heavy atom. The summed E-state index contributed by atoms with van der Waals surface area (Å²) in [6.07, 6.45) is 2.88. The normalized spacial score (nSPS) is 19.2. The van der Waals surface area contributed by atoms with Crippen LogP contribution in [0, 0.1) is 11.6 Å². The Balaban J connectivity index is 1.38. The summed E-state index contributed by atoms with van der Waals surface area (Å²) in [6, 6.07) is 9.87. The fraction of sp³-hybridized carbons (Fsp3) is 0.364. The second kappa shape index (κ2) is 6.83. The van der Waals surface area contributed by atoms with Crippen molar-refractivity contribution in [2.75, 3.05) is 19.6 Å². The maximum absolute atomic E-state index is 14.0. The third-order valence-corrected chi connectivity index (χ3v) is 6.54. The molecule has 3 nitrogen and oxygen atoms in total. The lowest BCUT2D eigenvalue weighted by atomic mass is 9.79. The smallest absolute Gasteiger partial charge is 0.130 e. The highest BCUT2D eigenvalue weighted by molar-refractivity contribution is 6.31. The van der Waals surface area contributed by atoms with Gasteiger partial charge in [-0.2, -0.15) is 0 Å². The molecule has 146 valence electrons. The number of likely N-dealkylation sites (tertiary alicyclic amines) is 1. The van der Waals surface area contributed by atoms with Crippen molar-refractivity contribution in [1.29, 1.82) is 0 Å². The SMILES string of the molecule is Fc1ccc(CN2CCC3(CC2)NCCc2c3[nH]c3ccc(Cl)cc23)c(F)c1. The molecule has 6 heteroatoms. The van der Waals surface area contributed by atoms with Crippen molar-refractivity contribution in [2.24, 2.45) is 0 Å². The highest BCUT2D eigenvalue weighted by atomic mass is 35.5. The zero-order valence-electron chi connectivity index (χ0n) is 15.5. The van der Waals surface area contributed by atoms with Gasteiger partial charge in [0, 0.05) is 59.4 Å². The number of rotatable bonds is 2. The first-order chi connectivity index (χ1) is 13.5. The first-order valence-electron chi connectivity index (χ1n) is 9.76. The van der Waals surface area contributed by atoms with Gasteiger partial charge in [0.25, 0.3) is 0 Å². The Kier molecular flexibility index (Phi) is 4.42. The molecule has 1 spiro atoms. The van der Waals surface area contributed by atoms with Crippen molar-refractivity contribution in [3.05, 3.63) is 69.9 Å². The molecule has 1 fully saturated rings. The van der Waals surface area contributed by atoms with E-state index in [0.29, 0.717) is 12.1 Å². The lowest BCUT2D eigenvalue weighted by Crippen LogP contribution is -2.54. The summed E-state index contributed by atoms with van der Waals surface area (Å²) >= 11 is 6.22. The van der Waals surface area contributed by atoms with Crippen LogP contribution in [0.5, 0.6) is 0 Å². The highest BCUT2D eigenvalue weighted by Crippen LogP contribution is 2.40. The van der Waals surface area contributed by atoms with E-state index in [1.165, 1.54) is 22.7 Å². The van der Waals surface area contributed by atoms with Crippen LogP contribution in [0.2, 0.25) is 5.02 Å². The summed E-state index contributed by atoms with van der Waals surface area (Å²) in [5, 5.41) is 5.74. The van der Waals surface area contributed by atoms with Crippen LogP contribution in [0.15, 0.2) is 36.4 Å². The van der Waals surface area contributed by atoms with E-state index < -0.39 is 11.6 Å². The van der Waals surface area contributed by atoms with Crippen LogP contribution < -0.4 is 5.32 Å². The maximum Gasteiger partial charge on any atom is 0.130 e. The first-order valence-corrected chi connectivity index (χ1v) is 10.1. The zero-order chi connectivity index (χ0) is 19.3. The summed E-state index contributed by atoms with van der Waals surface area (Å²) < 4.78 is 27.2. The molecule has 0 radical (unpaired) electrons. The number of H-pyrrole nitrogens is 1. The molecule has 5 rings (SSSR count). The molecule has 0 saturated carbocycles. The minimum absolute atomic E-state index is 0.0725. The van der Waals surface area contributed by atoms with Gasteiger partial charge in [-0.1, -0.05) is 17.7 Å². The molecule has 0 aliphatic carbocycles. The molecule has 3 aromatic rings. The standard InChI is InChI=1S/C22H22ClF2N3/c23-15-2-4-20-18(11-15)17-5-8-26-22(21(17)27-20)6-9-28(10-7-22)13-14-1-3-16(24)12-19(14)25/h1-4,11-12,26-27H,5-10,13H2. The van der Waals surface area contributed by atoms with Crippen molar-refractivity contribution in [3.63, 3.8) is 0 Å². The van der Waals surface area contributed by atoms with Crippen LogP contribution in [0.4, 0.5) is 8.78 Å². The molecular weight excluding hydrogens is 380 g/mol. The number of piperidine rings is 1. The third kappa shape index (κ3) is 3.02. The van der Waals surface area contributed by atoms with Gasteiger partial charge in [-0.3, -0.25) is 4.90 Å². The van der Waals surface area contributed by atoms with E-state index >= 15 is 0 Å². The predicted molar refractivity (Wildman–Crippen MR) is 108 cm³/mol. The van der Waals surface area contributed by atoms with E-state index in [0.717, 1.165) is 55.5 Å². The van der Waals surface area contributed by atoms with Crippen molar-refractivity contribution < 1.29 is 8.78 Å². The van der Waals surface area contributed by atoms with E-state index in [1.807, 2.05) is 6.07 Å². The average Bonchev–Trinajstić information content (AvgIpc) is 3.05. The van der Waals surface area contributed by atoms with Gasteiger partial charge in [0.2, 0.25) is 0 Å². The Labute approximate surface area is 167 Å². The largest absolute Gasteiger partial charge is 0.357 e. The van der Waals surface area contributed by atoms with Crippen molar-refractivity contribution >= 4 is 22.5 Å². The van der Waals surface area contributed by atoms with E-state index in [2.05, 4.69) is 27.3 Å². The number of halogens is 3. The maximum atomic E-state index is 14.0. The molecule has 0 unspecified atom stereocenters. The van der Waals surface area contributed by atoms with Gasteiger partial charge in [-0.25, -0.2) is 8.78 Å². The zero-order valence-corrected chi connectivity index (χ0v) is 16.3. The number of aromatic amines is 1. The van der Waals surface area contributed by atoms with Gasteiger partial charge in [0.1, 0.15) is 11.6 Å². The molecular formula is C22H22ClF2N3.